The molecule has 1 heterocycles. The predicted molar refractivity (Wildman–Crippen MR) is 36.2 cm³/mol. The van der Waals surface area contributed by atoms with Gasteiger partial charge in [0, 0.05) is 0 Å². The van der Waals surface area contributed by atoms with Crippen molar-refractivity contribution >= 4 is 11.8 Å². The molecular weight excluding hydrogens is 134 g/mol. The van der Waals surface area contributed by atoms with Crippen molar-refractivity contribution in [3.8, 4) is 0 Å². The first-order valence-electron chi connectivity index (χ1n) is 2.70. The van der Waals surface area contributed by atoms with E-state index in [2.05, 4.69) is 22.3 Å². The van der Waals surface area contributed by atoms with Crippen molar-refractivity contribution in [3.05, 3.63) is 12.3 Å². The first kappa shape index (κ1) is 6.48. The summed E-state index contributed by atoms with van der Waals surface area (Å²) in [6.45, 7) is 2.08. The summed E-state index contributed by atoms with van der Waals surface area (Å²) in [4.78, 5) is 0. The smallest absolute Gasteiger partial charge is 0.122 e. The zero-order valence-corrected chi connectivity index (χ0v) is 5.93. The van der Waals surface area contributed by atoms with Gasteiger partial charge in [-0.15, -0.1) is 22.0 Å². The van der Waals surface area contributed by atoms with Gasteiger partial charge in [-0.05, 0) is 17.0 Å². The van der Waals surface area contributed by atoms with Crippen LogP contribution in [0, 0.1) is 0 Å². The highest BCUT2D eigenvalue weighted by atomic mass is 32.2. The molecule has 9 heavy (non-hydrogen) atoms. The standard InChI is InChI=1S/C5H7N3S/c1-2-9-5-3-4-6-8-7-5/h3-4H,2H2,1H3. The maximum Gasteiger partial charge on any atom is 0.122 e. The van der Waals surface area contributed by atoms with Crippen molar-refractivity contribution in [2.45, 2.75) is 11.9 Å². The van der Waals surface area contributed by atoms with Gasteiger partial charge in [-0.3, -0.25) is 0 Å². The molecule has 0 aromatic carbocycles. The minimum Gasteiger partial charge on any atom is -0.139 e. The summed E-state index contributed by atoms with van der Waals surface area (Å²) in [5, 5.41) is 11.7. The number of rotatable bonds is 2. The van der Waals surface area contributed by atoms with Crippen molar-refractivity contribution in [1.29, 1.82) is 0 Å². The van der Waals surface area contributed by atoms with Gasteiger partial charge in [-0.2, -0.15) is 0 Å². The van der Waals surface area contributed by atoms with E-state index < -0.39 is 0 Å². The number of thioether (sulfide) groups is 1. The first-order valence-corrected chi connectivity index (χ1v) is 3.69. The highest BCUT2D eigenvalue weighted by Crippen LogP contribution is 2.10. The van der Waals surface area contributed by atoms with Gasteiger partial charge in [0.05, 0.1) is 6.20 Å². The summed E-state index contributed by atoms with van der Waals surface area (Å²) < 4.78 is 0. The molecule has 0 fully saturated rings. The number of hydrogen-bond donors (Lipinski definition) is 0. The van der Waals surface area contributed by atoms with Crippen molar-refractivity contribution in [2.24, 2.45) is 0 Å². The molecule has 4 heteroatoms. The molecule has 48 valence electrons. The predicted octanol–water partition coefficient (Wildman–Crippen LogP) is 0.984. The van der Waals surface area contributed by atoms with Crippen LogP contribution in [0.1, 0.15) is 6.92 Å². The Morgan fingerprint density at radius 1 is 1.67 bits per heavy atom. The Balaban J connectivity index is 2.61. The van der Waals surface area contributed by atoms with Crippen LogP contribution in [-0.4, -0.2) is 21.2 Å². The van der Waals surface area contributed by atoms with Crippen LogP contribution in [0.3, 0.4) is 0 Å². The van der Waals surface area contributed by atoms with Crippen molar-refractivity contribution in [2.75, 3.05) is 5.75 Å². The topological polar surface area (TPSA) is 38.7 Å². The zero-order valence-electron chi connectivity index (χ0n) is 5.11. The monoisotopic (exact) mass is 141 g/mol. The summed E-state index contributed by atoms with van der Waals surface area (Å²) in [5.74, 6) is 1.03. The number of nitrogens with zero attached hydrogens (tertiary/aromatic N) is 3. The molecule has 1 aromatic rings. The Labute approximate surface area is 57.9 Å². The van der Waals surface area contributed by atoms with E-state index in [0.717, 1.165) is 10.8 Å². The van der Waals surface area contributed by atoms with Gasteiger partial charge in [0.1, 0.15) is 5.03 Å². The van der Waals surface area contributed by atoms with E-state index in [1.807, 2.05) is 6.07 Å². The Kier molecular flexibility index (Phi) is 2.45. The Morgan fingerprint density at radius 3 is 3.11 bits per heavy atom. The van der Waals surface area contributed by atoms with Gasteiger partial charge in [-0.1, -0.05) is 6.92 Å². The van der Waals surface area contributed by atoms with Crippen LogP contribution in [0.5, 0.6) is 0 Å². The van der Waals surface area contributed by atoms with Gasteiger partial charge >= 0.3 is 0 Å². The quantitative estimate of drug-likeness (QED) is 0.575. The first-order chi connectivity index (χ1) is 4.43. The number of aromatic nitrogens is 3. The fourth-order valence-electron chi connectivity index (χ4n) is 0.455. The van der Waals surface area contributed by atoms with Gasteiger partial charge in [0.15, 0.2) is 0 Å². The molecule has 0 radical (unpaired) electrons. The third-order valence-electron chi connectivity index (χ3n) is 0.771. The molecule has 0 bridgehead atoms. The van der Waals surface area contributed by atoms with E-state index in [1.54, 1.807) is 18.0 Å². The minimum atomic E-state index is 0.938. The fourth-order valence-corrected chi connectivity index (χ4v) is 1.00. The summed E-state index contributed by atoms with van der Waals surface area (Å²) >= 11 is 1.66. The molecule has 0 aliphatic heterocycles. The lowest BCUT2D eigenvalue weighted by atomic mass is 10.7. The van der Waals surface area contributed by atoms with Gasteiger partial charge in [-0.25, -0.2) is 0 Å². The SMILES string of the molecule is CCSc1ccnnn1. The second-order valence-electron chi connectivity index (χ2n) is 1.39. The average Bonchev–Trinajstić information content (AvgIpc) is 1.91. The molecular formula is C5H7N3S. The maximum atomic E-state index is 3.77. The van der Waals surface area contributed by atoms with Gasteiger partial charge in [0.25, 0.3) is 0 Å². The molecule has 1 aromatic heterocycles. The molecule has 0 N–H and O–H groups in total. The third-order valence-corrected chi connectivity index (χ3v) is 1.57. The highest BCUT2D eigenvalue weighted by molar-refractivity contribution is 7.99. The summed E-state index contributed by atoms with van der Waals surface area (Å²) in [6.07, 6.45) is 1.64. The van der Waals surface area contributed by atoms with E-state index in [4.69, 9.17) is 0 Å². The zero-order chi connectivity index (χ0) is 6.53. The highest BCUT2D eigenvalue weighted by Gasteiger charge is 1.88. The summed E-state index contributed by atoms with van der Waals surface area (Å²) in [6, 6.07) is 1.85. The molecule has 0 spiro atoms. The van der Waals surface area contributed by atoms with E-state index in [0.29, 0.717) is 0 Å². The third kappa shape index (κ3) is 1.97. The molecule has 0 aliphatic rings. The van der Waals surface area contributed by atoms with Gasteiger partial charge in [0.2, 0.25) is 0 Å². The van der Waals surface area contributed by atoms with Crippen LogP contribution in [0.15, 0.2) is 17.3 Å². The Bertz CT molecular complexity index is 165. The van der Waals surface area contributed by atoms with E-state index in [9.17, 15) is 0 Å². The lowest BCUT2D eigenvalue weighted by Gasteiger charge is -1.90. The largest absolute Gasteiger partial charge is 0.139 e. The van der Waals surface area contributed by atoms with E-state index >= 15 is 0 Å². The second kappa shape index (κ2) is 3.40. The van der Waals surface area contributed by atoms with Crippen molar-refractivity contribution in [1.82, 2.24) is 15.4 Å². The van der Waals surface area contributed by atoms with E-state index in [1.165, 1.54) is 0 Å². The van der Waals surface area contributed by atoms with Crippen LogP contribution in [0.25, 0.3) is 0 Å². The molecule has 0 saturated carbocycles. The molecule has 0 amide bonds. The van der Waals surface area contributed by atoms with Gasteiger partial charge < -0.3 is 0 Å². The maximum absolute atomic E-state index is 3.77. The summed E-state index contributed by atoms with van der Waals surface area (Å²) in [7, 11) is 0. The molecule has 1 rings (SSSR count). The molecule has 0 unspecified atom stereocenters. The lowest BCUT2D eigenvalue weighted by Crippen LogP contribution is -1.86. The normalized spacial score (nSPS) is 9.44. The van der Waals surface area contributed by atoms with Crippen LogP contribution in [-0.2, 0) is 0 Å². The van der Waals surface area contributed by atoms with Crippen LogP contribution >= 0.6 is 11.8 Å². The van der Waals surface area contributed by atoms with Crippen LogP contribution < -0.4 is 0 Å². The Morgan fingerprint density at radius 2 is 2.56 bits per heavy atom. The lowest BCUT2D eigenvalue weighted by molar-refractivity contribution is 0.804. The second-order valence-corrected chi connectivity index (χ2v) is 2.68. The van der Waals surface area contributed by atoms with Crippen LogP contribution in [0.4, 0.5) is 0 Å². The van der Waals surface area contributed by atoms with Crippen LogP contribution in [0.2, 0.25) is 0 Å². The number of hydrogen-bond acceptors (Lipinski definition) is 4. The van der Waals surface area contributed by atoms with Crippen molar-refractivity contribution < 1.29 is 0 Å². The minimum absolute atomic E-state index is 0.938. The average molecular weight is 141 g/mol. The molecule has 3 nitrogen and oxygen atoms in total. The Hall–Kier alpha value is -0.640. The fraction of sp³-hybridized carbons (Fsp3) is 0.400. The van der Waals surface area contributed by atoms with Crippen molar-refractivity contribution in [3.63, 3.8) is 0 Å². The molecule has 0 aliphatic carbocycles. The van der Waals surface area contributed by atoms with E-state index in [-0.39, 0.29) is 0 Å². The molecule has 0 atom stereocenters. The summed E-state index contributed by atoms with van der Waals surface area (Å²) in [5.41, 5.74) is 0. The molecule has 0 saturated heterocycles.